The summed E-state index contributed by atoms with van der Waals surface area (Å²) < 4.78 is 0. The Bertz CT molecular complexity index is 539. The highest BCUT2D eigenvalue weighted by atomic mass is 16.4. The first-order valence-corrected chi connectivity index (χ1v) is 7.48. The van der Waals surface area contributed by atoms with Crippen LogP contribution in [0.2, 0.25) is 0 Å². The highest BCUT2D eigenvalue weighted by Gasteiger charge is 2.24. The van der Waals surface area contributed by atoms with Gasteiger partial charge in [0, 0.05) is 6.42 Å². The van der Waals surface area contributed by atoms with Gasteiger partial charge in [-0.05, 0) is 42.9 Å². The van der Waals surface area contributed by atoms with Crippen LogP contribution in [-0.4, -0.2) is 34.2 Å². The van der Waals surface area contributed by atoms with Gasteiger partial charge in [0.2, 0.25) is 5.91 Å². The molecule has 22 heavy (non-hydrogen) atoms. The molecule has 0 unspecified atom stereocenters. The normalized spacial score (nSPS) is 13.7. The Morgan fingerprint density at radius 2 is 1.82 bits per heavy atom. The molecule has 1 aromatic rings. The number of aliphatic hydroxyl groups excluding tert-OH is 1. The van der Waals surface area contributed by atoms with Gasteiger partial charge in [0.1, 0.15) is 12.1 Å². The molecule has 0 aromatic heterocycles. The molecule has 0 bridgehead atoms. The number of carboxylic acid groups (broad SMARTS) is 1. The summed E-state index contributed by atoms with van der Waals surface area (Å²) in [7, 11) is 0. The number of carbonyl (C=O) groups is 2. The second-order valence-corrected chi connectivity index (χ2v) is 6.17. The first-order chi connectivity index (χ1) is 10.2. The van der Waals surface area contributed by atoms with Gasteiger partial charge in [-0.1, -0.05) is 32.0 Å². The Hall–Kier alpha value is -1.88. The first-order valence-electron chi connectivity index (χ1n) is 7.48. The summed E-state index contributed by atoms with van der Waals surface area (Å²) in [5.74, 6) is -1.59. The maximum Gasteiger partial charge on any atom is 0.326 e. The van der Waals surface area contributed by atoms with Crippen molar-refractivity contribution in [3.63, 3.8) is 0 Å². The Kier molecular flexibility index (Phi) is 6.56. The van der Waals surface area contributed by atoms with E-state index in [4.69, 9.17) is 0 Å². The summed E-state index contributed by atoms with van der Waals surface area (Å²) in [6.07, 6.45) is -0.681. The van der Waals surface area contributed by atoms with Gasteiger partial charge >= 0.3 is 5.97 Å². The molecule has 0 aliphatic heterocycles. The van der Waals surface area contributed by atoms with Crippen molar-refractivity contribution in [2.45, 2.75) is 52.7 Å². The molecule has 1 amide bonds. The number of aliphatic carboxylic acids is 1. The van der Waals surface area contributed by atoms with Crippen molar-refractivity contribution in [3.8, 4) is 0 Å². The third-order valence-electron chi connectivity index (χ3n) is 3.62. The number of hydrogen-bond acceptors (Lipinski definition) is 3. The summed E-state index contributed by atoms with van der Waals surface area (Å²) in [4.78, 5) is 23.2. The molecule has 1 rings (SSSR count). The highest BCUT2D eigenvalue weighted by molar-refractivity contribution is 5.86. The van der Waals surface area contributed by atoms with Crippen molar-refractivity contribution in [3.05, 3.63) is 34.9 Å². The fraction of sp³-hybridized carbons (Fsp3) is 0.529. The minimum absolute atomic E-state index is 0.156. The van der Waals surface area contributed by atoms with Crippen LogP contribution in [0.3, 0.4) is 0 Å². The molecule has 0 spiro atoms. The third-order valence-corrected chi connectivity index (χ3v) is 3.62. The summed E-state index contributed by atoms with van der Waals surface area (Å²) in [5, 5.41) is 21.5. The zero-order valence-electron chi connectivity index (χ0n) is 13.6. The van der Waals surface area contributed by atoms with Gasteiger partial charge in [0.05, 0.1) is 0 Å². The number of aliphatic hydroxyl groups is 1. The van der Waals surface area contributed by atoms with Crippen LogP contribution in [0.4, 0.5) is 0 Å². The van der Waals surface area contributed by atoms with Crippen molar-refractivity contribution >= 4 is 11.9 Å². The van der Waals surface area contributed by atoms with E-state index >= 15 is 0 Å². The van der Waals surface area contributed by atoms with E-state index in [1.54, 1.807) is 0 Å². The monoisotopic (exact) mass is 307 g/mol. The lowest BCUT2D eigenvalue weighted by molar-refractivity contribution is -0.143. The minimum Gasteiger partial charge on any atom is -0.480 e. The number of carbonyl (C=O) groups excluding carboxylic acids is 1. The maximum atomic E-state index is 11.9. The standard InChI is InChI=1S/C17H25NO4/c1-10(2)7-15(19)16(20)18-14(17(21)22)9-13-6-5-11(3)12(4)8-13/h5-6,8,10,14-15,19H,7,9H2,1-4H3,(H,18,20)(H,21,22)/t14-,15+/m1/s1. The van der Waals surface area contributed by atoms with E-state index in [9.17, 15) is 19.8 Å². The van der Waals surface area contributed by atoms with Crippen molar-refractivity contribution in [2.75, 3.05) is 0 Å². The van der Waals surface area contributed by atoms with E-state index in [0.717, 1.165) is 16.7 Å². The molecular formula is C17H25NO4. The molecule has 0 saturated heterocycles. The Balaban J connectivity index is 2.75. The molecule has 0 saturated carbocycles. The first kappa shape index (κ1) is 18.2. The number of rotatable bonds is 7. The van der Waals surface area contributed by atoms with Crippen molar-refractivity contribution in [2.24, 2.45) is 5.92 Å². The lowest BCUT2D eigenvalue weighted by Crippen LogP contribution is -2.46. The SMILES string of the molecule is Cc1ccc(C[C@@H](NC(=O)[C@@H](O)CC(C)C)C(=O)O)cc1C. The van der Waals surface area contributed by atoms with E-state index in [0.29, 0.717) is 6.42 Å². The second-order valence-electron chi connectivity index (χ2n) is 6.17. The minimum atomic E-state index is -1.18. The number of benzene rings is 1. The number of amides is 1. The van der Waals surface area contributed by atoms with Gasteiger partial charge in [0.25, 0.3) is 0 Å². The van der Waals surface area contributed by atoms with Crippen molar-refractivity contribution < 1.29 is 19.8 Å². The van der Waals surface area contributed by atoms with Crippen LogP contribution in [0.1, 0.15) is 37.0 Å². The Morgan fingerprint density at radius 3 is 2.32 bits per heavy atom. The topological polar surface area (TPSA) is 86.6 Å². The molecule has 0 heterocycles. The summed E-state index contributed by atoms with van der Waals surface area (Å²) in [6, 6.07) is 4.66. The molecule has 1 aromatic carbocycles. The molecule has 0 aliphatic rings. The van der Waals surface area contributed by atoms with Gasteiger partial charge in [-0.2, -0.15) is 0 Å². The summed E-state index contributed by atoms with van der Waals surface area (Å²) in [6.45, 7) is 7.72. The predicted octanol–water partition coefficient (Wildman–Crippen LogP) is 1.82. The highest BCUT2D eigenvalue weighted by Crippen LogP contribution is 2.12. The number of hydrogen-bond donors (Lipinski definition) is 3. The van der Waals surface area contributed by atoms with E-state index in [1.165, 1.54) is 0 Å². The quantitative estimate of drug-likeness (QED) is 0.717. The second kappa shape index (κ2) is 7.94. The molecular weight excluding hydrogens is 282 g/mol. The largest absolute Gasteiger partial charge is 0.480 e. The molecule has 5 heteroatoms. The van der Waals surface area contributed by atoms with E-state index in [2.05, 4.69) is 5.32 Å². The van der Waals surface area contributed by atoms with E-state index < -0.39 is 24.0 Å². The van der Waals surface area contributed by atoms with Gasteiger partial charge in [-0.3, -0.25) is 4.79 Å². The molecule has 0 aliphatic carbocycles. The molecule has 3 N–H and O–H groups in total. The Morgan fingerprint density at radius 1 is 1.18 bits per heavy atom. The van der Waals surface area contributed by atoms with Gasteiger partial charge in [-0.15, -0.1) is 0 Å². The average Bonchev–Trinajstić information content (AvgIpc) is 2.41. The predicted molar refractivity (Wildman–Crippen MR) is 84.6 cm³/mol. The number of carboxylic acids is 1. The smallest absolute Gasteiger partial charge is 0.326 e. The van der Waals surface area contributed by atoms with Crippen molar-refractivity contribution in [1.82, 2.24) is 5.32 Å². The van der Waals surface area contributed by atoms with Crippen LogP contribution < -0.4 is 5.32 Å². The zero-order valence-corrected chi connectivity index (χ0v) is 13.6. The van der Waals surface area contributed by atoms with Crippen LogP contribution in [0.25, 0.3) is 0 Å². The van der Waals surface area contributed by atoms with Crippen LogP contribution in [-0.2, 0) is 16.0 Å². The zero-order chi connectivity index (χ0) is 16.9. The number of aryl methyl sites for hydroxylation is 2. The van der Waals surface area contributed by atoms with E-state index in [1.807, 2.05) is 45.9 Å². The van der Waals surface area contributed by atoms with Crippen LogP contribution in [0.15, 0.2) is 18.2 Å². The van der Waals surface area contributed by atoms with E-state index in [-0.39, 0.29) is 12.3 Å². The van der Waals surface area contributed by atoms with Crippen LogP contribution >= 0.6 is 0 Å². The molecule has 0 radical (unpaired) electrons. The maximum absolute atomic E-state index is 11.9. The fourth-order valence-electron chi connectivity index (χ4n) is 2.19. The van der Waals surface area contributed by atoms with Gasteiger partial charge in [0.15, 0.2) is 0 Å². The lowest BCUT2D eigenvalue weighted by atomic mass is 10.00. The third kappa shape index (κ3) is 5.48. The Labute approximate surface area is 131 Å². The summed E-state index contributed by atoms with van der Waals surface area (Å²) >= 11 is 0. The summed E-state index contributed by atoms with van der Waals surface area (Å²) in [5.41, 5.74) is 3.05. The average molecular weight is 307 g/mol. The molecule has 2 atom stereocenters. The molecule has 5 nitrogen and oxygen atoms in total. The van der Waals surface area contributed by atoms with Crippen molar-refractivity contribution in [1.29, 1.82) is 0 Å². The van der Waals surface area contributed by atoms with Gasteiger partial charge in [-0.25, -0.2) is 4.79 Å². The molecule has 122 valence electrons. The van der Waals surface area contributed by atoms with Gasteiger partial charge < -0.3 is 15.5 Å². The molecule has 0 fully saturated rings. The fourth-order valence-corrected chi connectivity index (χ4v) is 2.19. The number of nitrogens with one attached hydrogen (secondary N) is 1. The van der Waals surface area contributed by atoms with Crippen LogP contribution in [0.5, 0.6) is 0 Å². The van der Waals surface area contributed by atoms with Crippen LogP contribution in [0, 0.1) is 19.8 Å². The lowest BCUT2D eigenvalue weighted by Gasteiger charge is -2.18.